The van der Waals surface area contributed by atoms with Crippen LogP contribution in [0.2, 0.25) is 5.02 Å². The highest BCUT2D eigenvalue weighted by Crippen LogP contribution is 2.24. The van der Waals surface area contributed by atoms with Crippen molar-refractivity contribution in [3.63, 3.8) is 0 Å². The van der Waals surface area contributed by atoms with Gasteiger partial charge in [0.1, 0.15) is 6.54 Å². The molecule has 0 spiro atoms. The van der Waals surface area contributed by atoms with Crippen LogP contribution in [0.15, 0.2) is 0 Å². The Balaban J connectivity index is 2.11. The van der Waals surface area contributed by atoms with Crippen LogP contribution in [0.1, 0.15) is 46.0 Å². The average Bonchev–Trinajstić information content (AvgIpc) is 2.72. The van der Waals surface area contributed by atoms with Crippen LogP contribution in [0.4, 0.5) is 0 Å². The zero-order chi connectivity index (χ0) is 19.1. The van der Waals surface area contributed by atoms with Gasteiger partial charge in [0.2, 0.25) is 11.8 Å². The van der Waals surface area contributed by atoms with Crippen molar-refractivity contribution in [3.05, 3.63) is 16.4 Å². The maximum Gasteiger partial charge on any atom is 0.244 e. The standard InChI is InChI=1S/C18H29ClN4O2/c1-11-8-21(17(25)18(5,6)7)9-12(2)23(11)15(24)10-22-14(4)16(19)13(3)20-22/h11-12H,8-10H2,1-7H3. The Kier molecular flexibility index (Phi) is 5.52. The van der Waals surface area contributed by atoms with E-state index in [2.05, 4.69) is 5.10 Å². The summed E-state index contributed by atoms with van der Waals surface area (Å²) in [7, 11) is 0. The van der Waals surface area contributed by atoms with Gasteiger partial charge in [-0.25, -0.2) is 0 Å². The van der Waals surface area contributed by atoms with Crippen molar-refractivity contribution < 1.29 is 9.59 Å². The summed E-state index contributed by atoms with van der Waals surface area (Å²) in [6.45, 7) is 14.7. The first-order valence-electron chi connectivity index (χ1n) is 8.73. The van der Waals surface area contributed by atoms with E-state index in [9.17, 15) is 9.59 Å². The van der Waals surface area contributed by atoms with E-state index in [4.69, 9.17) is 11.6 Å². The lowest BCUT2D eigenvalue weighted by Gasteiger charge is -2.46. The molecule has 0 saturated carbocycles. The minimum atomic E-state index is -0.411. The highest BCUT2D eigenvalue weighted by atomic mass is 35.5. The number of halogens is 1. The van der Waals surface area contributed by atoms with Gasteiger partial charge in [-0.3, -0.25) is 14.3 Å². The van der Waals surface area contributed by atoms with Crippen LogP contribution < -0.4 is 0 Å². The monoisotopic (exact) mass is 368 g/mol. The van der Waals surface area contributed by atoms with Gasteiger partial charge < -0.3 is 9.80 Å². The predicted octanol–water partition coefficient (Wildman–Crippen LogP) is 2.65. The van der Waals surface area contributed by atoms with Crippen molar-refractivity contribution in [2.24, 2.45) is 5.41 Å². The molecule has 140 valence electrons. The lowest BCUT2D eigenvalue weighted by atomic mass is 9.93. The number of amides is 2. The summed E-state index contributed by atoms with van der Waals surface area (Å²) in [5.41, 5.74) is 1.12. The molecule has 25 heavy (non-hydrogen) atoms. The molecule has 2 unspecified atom stereocenters. The SMILES string of the molecule is Cc1nn(CC(=O)N2C(C)CN(C(=O)C(C)(C)C)CC2C)c(C)c1Cl. The second kappa shape index (κ2) is 6.98. The van der Waals surface area contributed by atoms with Crippen molar-refractivity contribution in [1.82, 2.24) is 19.6 Å². The van der Waals surface area contributed by atoms with E-state index in [1.165, 1.54) is 0 Å². The third-order valence-corrected chi connectivity index (χ3v) is 5.26. The molecule has 0 radical (unpaired) electrons. The maximum atomic E-state index is 12.9. The van der Waals surface area contributed by atoms with Crippen LogP contribution in [-0.2, 0) is 16.1 Å². The van der Waals surface area contributed by atoms with E-state index >= 15 is 0 Å². The van der Waals surface area contributed by atoms with Gasteiger partial charge in [-0.2, -0.15) is 5.10 Å². The molecular weight excluding hydrogens is 340 g/mol. The Labute approximate surface area is 155 Å². The summed E-state index contributed by atoms with van der Waals surface area (Å²) in [5, 5.41) is 4.95. The Morgan fingerprint density at radius 2 is 1.68 bits per heavy atom. The van der Waals surface area contributed by atoms with Gasteiger partial charge in [-0.05, 0) is 27.7 Å². The average molecular weight is 369 g/mol. The van der Waals surface area contributed by atoms with Crippen molar-refractivity contribution in [2.45, 2.75) is 67.1 Å². The second-order valence-corrected chi connectivity index (χ2v) is 8.48. The Hall–Kier alpha value is -1.56. The number of hydrogen-bond acceptors (Lipinski definition) is 3. The maximum absolute atomic E-state index is 12.9. The zero-order valence-electron chi connectivity index (χ0n) is 16.3. The zero-order valence-corrected chi connectivity index (χ0v) is 17.0. The van der Waals surface area contributed by atoms with Crippen LogP contribution in [-0.4, -0.2) is 56.6 Å². The smallest absolute Gasteiger partial charge is 0.244 e. The minimum Gasteiger partial charge on any atom is -0.338 e. The summed E-state index contributed by atoms with van der Waals surface area (Å²) < 4.78 is 1.66. The summed E-state index contributed by atoms with van der Waals surface area (Å²) in [6.07, 6.45) is 0. The first kappa shape index (κ1) is 19.8. The number of hydrogen-bond donors (Lipinski definition) is 0. The minimum absolute atomic E-state index is 0.00474. The molecule has 0 N–H and O–H groups in total. The first-order chi connectivity index (χ1) is 11.4. The van der Waals surface area contributed by atoms with Gasteiger partial charge in [0.25, 0.3) is 0 Å². The summed E-state index contributed by atoms with van der Waals surface area (Å²) >= 11 is 6.17. The van der Waals surface area contributed by atoms with E-state index in [1.54, 1.807) is 4.68 Å². The fourth-order valence-corrected chi connectivity index (χ4v) is 3.63. The van der Waals surface area contributed by atoms with Gasteiger partial charge in [0.05, 0.1) is 16.4 Å². The molecule has 2 amide bonds. The van der Waals surface area contributed by atoms with Crippen LogP contribution >= 0.6 is 11.6 Å². The number of aromatic nitrogens is 2. The van der Waals surface area contributed by atoms with Gasteiger partial charge in [0.15, 0.2) is 0 Å². The van der Waals surface area contributed by atoms with E-state index in [0.717, 1.165) is 11.4 Å². The highest BCUT2D eigenvalue weighted by Gasteiger charge is 2.37. The van der Waals surface area contributed by atoms with E-state index in [0.29, 0.717) is 18.1 Å². The molecule has 7 heteroatoms. The first-order valence-corrected chi connectivity index (χ1v) is 9.11. The molecular formula is C18H29ClN4O2. The van der Waals surface area contributed by atoms with Crippen molar-refractivity contribution in [3.8, 4) is 0 Å². The van der Waals surface area contributed by atoms with Gasteiger partial charge in [-0.15, -0.1) is 0 Å². The topological polar surface area (TPSA) is 58.4 Å². The molecule has 0 bridgehead atoms. The number of aryl methyl sites for hydroxylation is 1. The van der Waals surface area contributed by atoms with E-state index in [1.807, 2.05) is 58.3 Å². The van der Waals surface area contributed by atoms with Crippen molar-refractivity contribution in [1.29, 1.82) is 0 Å². The number of nitrogens with zero attached hydrogens (tertiary/aromatic N) is 4. The van der Waals surface area contributed by atoms with Crippen LogP contribution in [0.25, 0.3) is 0 Å². The quantitative estimate of drug-likeness (QED) is 0.806. The van der Waals surface area contributed by atoms with E-state index < -0.39 is 5.41 Å². The second-order valence-electron chi connectivity index (χ2n) is 8.10. The molecule has 0 aliphatic carbocycles. The Morgan fingerprint density at radius 1 is 1.16 bits per heavy atom. The van der Waals surface area contributed by atoms with Crippen LogP contribution in [0, 0.1) is 19.3 Å². The highest BCUT2D eigenvalue weighted by molar-refractivity contribution is 6.31. The molecule has 1 aliphatic rings. The fourth-order valence-electron chi connectivity index (χ4n) is 3.49. The predicted molar refractivity (Wildman–Crippen MR) is 98.5 cm³/mol. The Bertz CT molecular complexity index is 665. The van der Waals surface area contributed by atoms with E-state index in [-0.39, 0.29) is 30.4 Å². The van der Waals surface area contributed by atoms with Gasteiger partial charge in [-0.1, -0.05) is 32.4 Å². The number of carbonyl (C=O) groups excluding carboxylic acids is 2. The number of carbonyl (C=O) groups is 2. The molecule has 2 atom stereocenters. The lowest BCUT2D eigenvalue weighted by molar-refractivity contribution is -0.151. The molecule has 1 aromatic rings. The lowest BCUT2D eigenvalue weighted by Crippen LogP contribution is -2.61. The van der Waals surface area contributed by atoms with Crippen LogP contribution in [0.5, 0.6) is 0 Å². The normalized spacial score (nSPS) is 21.6. The summed E-state index contributed by atoms with van der Waals surface area (Å²) in [5.74, 6) is 0.133. The third-order valence-electron chi connectivity index (χ3n) is 4.71. The van der Waals surface area contributed by atoms with Crippen molar-refractivity contribution >= 4 is 23.4 Å². The van der Waals surface area contributed by atoms with Crippen LogP contribution in [0.3, 0.4) is 0 Å². The molecule has 2 heterocycles. The summed E-state index contributed by atoms with van der Waals surface area (Å²) in [6, 6.07) is -0.0648. The van der Waals surface area contributed by atoms with Gasteiger partial charge >= 0.3 is 0 Å². The largest absolute Gasteiger partial charge is 0.338 e. The fraction of sp³-hybridized carbons (Fsp3) is 0.722. The van der Waals surface area contributed by atoms with Crippen molar-refractivity contribution in [2.75, 3.05) is 13.1 Å². The molecule has 1 fully saturated rings. The third kappa shape index (κ3) is 4.00. The number of rotatable bonds is 2. The molecule has 0 aromatic carbocycles. The van der Waals surface area contributed by atoms with Gasteiger partial charge in [0, 0.05) is 30.6 Å². The molecule has 1 aliphatic heterocycles. The summed E-state index contributed by atoms with van der Waals surface area (Å²) in [4.78, 5) is 29.2. The Morgan fingerprint density at radius 3 is 2.08 bits per heavy atom. The molecule has 1 saturated heterocycles. The molecule has 2 rings (SSSR count). The molecule has 1 aromatic heterocycles. The number of piperazine rings is 1. The molecule has 6 nitrogen and oxygen atoms in total.